The Balaban J connectivity index is 2.24. The van der Waals surface area contributed by atoms with Crippen LogP contribution in [0.2, 0.25) is 0 Å². The molecule has 8 N–H and O–H groups in total. The number of unbranched alkanes of at least 4 members (excludes halogenated alkanes) is 34. The van der Waals surface area contributed by atoms with Crippen molar-refractivity contribution in [2.24, 2.45) is 0 Å². The molecule has 424 valence electrons. The number of aliphatic hydroxyl groups excluding tert-OH is 7. The van der Waals surface area contributed by atoms with Gasteiger partial charge in [-0.1, -0.05) is 237 Å². The van der Waals surface area contributed by atoms with Crippen LogP contribution in [-0.4, -0.2) is 110 Å². The van der Waals surface area contributed by atoms with E-state index in [1.807, 2.05) is 0 Å². The molecule has 0 bridgehead atoms. The number of allylic oxidation sites excluding steroid dienone is 6. The van der Waals surface area contributed by atoms with E-state index in [9.17, 15) is 40.5 Å². The zero-order chi connectivity index (χ0) is 52.5. The first kappa shape index (κ1) is 68.3. The van der Waals surface area contributed by atoms with Gasteiger partial charge in [0.15, 0.2) is 6.29 Å². The van der Waals surface area contributed by atoms with Gasteiger partial charge in [-0.3, -0.25) is 4.79 Å². The van der Waals surface area contributed by atoms with Crippen LogP contribution in [0.15, 0.2) is 36.5 Å². The lowest BCUT2D eigenvalue weighted by Crippen LogP contribution is -2.60. The van der Waals surface area contributed by atoms with Gasteiger partial charge in [0, 0.05) is 0 Å². The second kappa shape index (κ2) is 50.2. The standard InChI is InChI=1S/C61H115NO10/c1-3-5-7-9-11-13-15-17-19-20-21-22-23-24-25-26-27-28-29-30-31-32-33-35-37-39-41-43-45-47-49-54(65)60(70)62-52(51-71-61-59(69)58(68)57(67)55(50-63)72-61)56(66)53(64)48-46-44-42-40-38-36-34-18-16-14-12-10-8-6-4-2/h18,24-25,34,40,42,52-59,61,63-69H,3-17,19-23,26-33,35-39,41,43-51H2,1-2H3,(H,62,70)/b25-24-,34-18+,42-40+. The van der Waals surface area contributed by atoms with Crippen LogP contribution in [0, 0.1) is 0 Å². The van der Waals surface area contributed by atoms with Crippen molar-refractivity contribution < 1.29 is 50.0 Å². The summed E-state index contributed by atoms with van der Waals surface area (Å²) >= 11 is 0. The van der Waals surface area contributed by atoms with Gasteiger partial charge in [0.1, 0.15) is 36.6 Å². The normalized spacial score (nSPS) is 20.3. The average molecular weight is 1020 g/mol. The number of rotatable bonds is 52. The van der Waals surface area contributed by atoms with Crippen LogP contribution >= 0.6 is 0 Å². The molecule has 1 aliphatic rings. The number of amides is 1. The molecule has 0 aliphatic carbocycles. The minimum Gasteiger partial charge on any atom is -0.394 e. The molecule has 0 aromatic heterocycles. The summed E-state index contributed by atoms with van der Waals surface area (Å²) < 4.78 is 11.1. The number of carbonyl (C=O) groups excluding carboxylic acids is 1. The molecular weight excluding hydrogens is 907 g/mol. The summed E-state index contributed by atoms with van der Waals surface area (Å²) in [7, 11) is 0. The molecule has 9 unspecified atom stereocenters. The summed E-state index contributed by atoms with van der Waals surface area (Å²) in [5.41, 5.74) is 0. The van der Waals surface area contributed by atoms with E-state index in [1.165, 1.54) is 193 Å². The molecule has 0 radical (unpaired) electrons. The largest absolute Gasteiger partial charge is 0.394 e. The van der Waals surface area contributed by atoms with E-state index in [0.717, 1.165) is 38.5 Å². The third-order valence-electron chi connectivity index (χ3n) is 14.6. The van der Waals surface area contributed by atoms with Crippen LogP contribution in [0.5, 0.6) is 0 Å². The fraction of sp³-hybridized carbons (Fsp3) is 0.885. The minimum atomic E-state index is -1.67. The van der Waals surface area contributed by atoms with Crippen LogP contribution in [0.3, 0.4) is 0 Å². The van der Waals surface area contributed by atoms with Crippen molar-refractivity contribution in [1.29, 1.82) is 0 Å². The molecule has 1 fully saturated rings. The van der Waals surface area contributed by atoms with Gasteiger partial charge in [0.05, 0.1) is 25.4 Å². The first-order valence-corrected chi connectivity index (χ1v) is 30.4. The quantitative estimate of drug-likeness (QED) is 0.0215. The molecule has 1 amide bonds. The van der Waals surface area contributed by atoms with Crippen molar-refractivity contribution in [2.45, 2.75) is 332 Å². The summed E-state index contributed by atoms with van der Waals surface area (Å²) in [6.07, 6.45) is 50.8. The molecule has 11 heteroatoms. The van der Waals surface area contributed by atoms with Gasteiger partial charge in [-0.25, -0.2) is 0 Å². The zero-order valence-corrected chi connectivity index (χ0v) is 46.4. The van der Waals surface area contributed by atoms with Crippen molar-refractivity contribution in [3.8, 4) is 0 Å². The van der Waals surface area contributed by atoms with Crippen molar-refractivity contribution in [1.82, 2.24) is 5.32 Å². The third-order valence-corrected chi connectivity index (χ3v) is 14.6. The number of hydrogen-bond acceptors (Lipinski definition) is 10. The number of aliphatic hydroxyl groups is 7. The molecule has 0 spiro atoms. The molecule has 1 rings (SSSR count). The topological polar surface area (TPSA) is 189 Å². The Labute approximate surface area is 441 Å². The Morgan fingerprint density at radius 1 is 0.472 bits per heavy atom. The van der Waals surface area contributed by atoms with Crippen molar-refractivity contribution in [2.75, 3.05) is 13.2 Å². The highest BCUT2D eigenvalue weighted by atomic mass is 16.7. The van der Waals surface area contributed by atoms with Gasteiger partial charge in [0.2, 0.25) is 5.91 Å². The Hall–Kier alpha value is -1.67. The molecular formula is C61H115NO10. The van der Waals surface area contributed by atoms with E-state index in [4.69, 9.17) is 9.47 Å². The highest BCUT2D eigenvalue weighted by Crippen LogP contribution is 2.23. The van der Waals surface area contributed by atoms with Gasteiger partial charge in [0.25, 0.3) is 0 Å². The predicted molar refractivity (Wildman–Crippen MR) is 298 cm³/mol. The fourth-order valence-corrected chi connectivity index (χ4v) is 9.69. The predicted octanol–water partition coefficient (Wildman–Crippen LogP) is 13.1. The van der Waals surface area contributed by atoms with E-state index in [2.05, 4.69) is 55.6 Å². The van der Waals surface area contributed by atoms with Crippen molar-refractivity contribution >= 4 is 5.91 Å². The maximum Gasteiger partial charge on any atom is 0.249 e. The van der Waals surface area contributed by atoms with E-state index >= 15 is 0 Å². The van der Waals surface area contributed by atoms with Crippen molar-refractivity contribution in [3.63, 3.8) is 0 Å². The summed E-state index contributed by atoms with van der Waals surface area (Å²) in [6.45, 7) is 3.44. The third kappa shape index (κ3) is 38.0. The fourth-order valence-electron chi connectivity index (χ4n) is 9.69. The first-order valence-electron chi connectivity index (χ1n) is 30.4. The van der Waals surface area contributed by atoms with E-state index < -0.39 is 74.2 Å². The summed E-state index contributed by atoms with van der Waals surface area (Å²) in [4.78, 5) is 13.2. The SMILES string of the molecule is CCCCCCCC/C=C/CC/C=C/CCCC(O)C(O)C(COC1OC(CO)C(O)C(O)C1O)NC(=O)C(O)CCCCCCCCCCCCCCCC/C=C\CCCCCCCCCCCCCC. The van der Waals surface area contributed by atoms with Crippen molar-refractivity contribution in [3.05, 3.63) is 36.5 Å². The second-order valence-corrected chi connectivity index (χ2v) is 21.4. The molecule has 72 heavy (non-hydrogen) atoms. The number of carbonyl (C=O) groups is 1. The molecule has 0 aromatic rings. The van der Waals surface area contributed by atoms with Crippen LogP contribution < -0.4 is 5.32 Å². The first-order chi connectivity index (χ1) is 35.2. The molecule has 1 saturated heterocycles. The minimum absolute atomic E-state index is 0.247. The number of nitrogens with one attached hydrogen (secondary N) is 1. The lowest BCUT2D eigenvalue weighted by atomic mass is 9.98. The lowest BCUT2D eigenvalue weighted by Gasteiger charge is -2.40. The smallest absolute Gasteiger partial charge is 0.249 e. The summed E-state index contributed by atoms with van der Waals surface area (Å²) in [5.74, 6) is -0.708. The maximum absolute atomic E-state index is 13.2. The lowest BCUT2D eigenvalue weighted by molar-refractivity contribution is -0.303. The number of ether oxygens (including phenoxy) is 2. The molecule has 1 heterocycles. The average Bonchev–Trinajstić information content (AvgIpc) is 3.38. The molecule has 0 saturated carbocycles. The van der Waals surface area contributed by atoms with E-state index in [1.54, 1.807) is 0 Å². The molecule has 9 atom stereocenters. The van der Waals surface area contributed by atoms with Gasteiger partial charge >= 0.3 is 0 Å². The van der Waals surface area contributed by atoms with Gasteiger partial charge in [-0.05, 0) is 77.0 Å². The van der Waals surface area contributed by atoms with Crippen LogP contribution in [0.25, 0.3) is 0 Å². The number of hydrogen-bond donors (Lipinski definition) is 8. The van der Waals surface area contributed by atoms with Gasteiger partial charge in [-0.2, -0.15) is 0 Å². The highest BCUT2D eigenvalue weighted by molar-refractivity contribution is 5.80. The molecule has 11 nitrogen and oxygen atoms in total. The van der Waals surface area contributed by atoms with Crippen LogP contribution in [0.4, 0.5) is 0 Å². The van der Waals surface area contributed by atoms with Crippen LogP contribution in [-0.2, 0) is 14.3 Å². The maximum atomic E-state index is 13.2. The van der Waals surface area contributed by atoms with Gasteiger partial charge in [-0.15, -0.1) is 0 Å². The Morgan fingerprint density at radius 3 is 1.24 bits per heavy atom. The Bertz CT molecular complexity index is 1260. The highest BCUT2D eigenvalue weighted by Gasteiger charge is 2.44. The van der Waals surface area contributed by atoms with E-state index in [0.29, 0.717) is 19.3 Å². The zero-order valence-electron chi connectivity index (χ0n) is 46.4. The Kier molecular flexibility index (Phi) is 47.6. The molecule has 0 aromatic carbocycles. The Morgan fingerprint density at radius 2 is 0.833 bits per heavy atom. The van der Waals surface area contributed by atoms with E-state index in [-0.39, 0.29) is 12.8 Å². The summed E-state index contributed by atoms with van der Waals surface area (Å²) in [6, 6.07) is -1.19. The second-order valence-electron chi connectivity index (χ2n) is 21.4. The monoisotopic (exact) mass is 1020 g/mol. The molecule has 1 aliphatic heterocycles. The summed E-state index contributed by atoms with van der Waals surface area (Å²) in [5, 5.41) is 76.1. The van der Waals surface area contributed by atoms with Gasteiger partial charge < -0.3 is 50.5 Å². The van der Waals surface area contributed by atoms with Crippen LogP contribution in [0.1, 0.15) is 277 Å².